The van der Waals surface area contributed by atoms with Crippen LogP contribution in [0.3, 0.4) is 0 Å². The van der Waals surface area contributed by atoms with Crippen LogP contribution in [0.25, 0.3) is 0 Å². The topological polar surface area (TPSA) is 73.5 Å². The number of hydrogen-bond acceptors (Lipinski definition) is 3. The monoisotopic (exact) mass is 262 g/mol. The lowest BCUT2D eigenvalue weighted by molar-refractivity contribution is -0.114. The third-order valence-corrected chi connectivity index (χ3v) is 2.84. The van der Waals surface area contributed by atoms with Crippen molar-refractivity contribution in [3.8, 4) is 0 Å². The third-order valence-electron chi connectivity index (χ3n) is 2.84. The van der Waals surface area contributed by atoms with Gasteiger partial charge in [-0.15, -0.1) is 0 Å². The summed E-state index contributed by atoms with van der Waals surface area (Å²) in [5.74, 6) is -0.134. The molecule has 0 aliphatic carbocycles. The van der Waals surface area contributed by atoms with Gasteiger partial charge in [0.05, 0.1) is 0 Å². The Kier molecular flexibility index (Phi) is 4.35. The van der Waals surface area contributed by atoms with Crippen LogP contribution in [-0.2, 0) is 4.79 Å². The van der Waals surface area contributed by atoms with Crippen LogP contribution in [0.1, 0.15) is 6.92 Å². The van der Waals surface area contributed by atoms with E-state index in [2.05, 4.69) is 16.0 Å². The van der Waals surface area contributed by atoms with Gasteiger partial charge in [-0.3, -0.25) is 4.79 Å². The van der Waals surface area contributed by atoms with Gasteiger partial charge in [-0.05, 0) is 18.2 Å². The molecule has 1 aromatic carbocycles. The van der Waals surface area contributed by atoms with Crippen molar-refractivity contribution in [3.63, 3.8) is 0 Å². The van der Waals surface area contributed by atoms with Crippen LogP contribution >= 0.6 is 0 Å². The zero-order valence-electron chi connectivity index (χ0n) is 10.9. The van der Waals surface area contributed by atoms with E-state index in [1.165, 1.54) is 6.92 Å². The molecule has 3 amide bonds. The number of benzene rings is 1. The molecule has 0 saturated carbocycles. The number of nitrogens with one attached hydrogen (secondary N) is 3. The first-order valence-corrected chi connectivity index (χ1v) is 6.29. The standard InChI is InChI=1S/C13H18N4O2/c1-10(18)15-11-3-2-4-12(9-11)16-13(19)17-7-5-14-6-8-17/h2-4,9,14H,5-8H2,1H3,(H,15,18)(H,16,19). The highest BCUT2D eigenvalue weighted by molar-refractivity contribution is 5.92. The largest absolute Gasteiger partial charge is 0.326 e. The van der Waals surface area contributed by atoms with Gasteiger partial charge < -0.3 is 20.9 Å². The molecule has 0 aromatic heterocycles. The van der Waals surface area contributed by atoms with Crippen molar-refractivity contribution in [1.29, 1.82) is 0 Å². The van der Waals surface area contributed by atoms with Gasteiger partial charge in [0, 0.05) is 44.5 Å². The van der Waals surface area contributed by atoms with Crippen LogP contribution in [0, 0.1) is 0 Å². The molecule has 1 aromatic rings. The van der Waals surface area contributed by atoms with E-state index in [4.69, 9.17) is 0 Å². The van der Waals surface area contributed by atoms with Crippen molar-refractivity contribution in [2.45, 2.75) is 6.92 Å². The van der Waals surface area contributed by atoms with E-state index in [9.17, 15) is 9.59 Å². The number of hydrogen-bond donors (Lipinski definition) is 3. The Bertz CT molecular complexity index is 469. The number of anilines is 2. The lowest BCUT2D eigenvalue weighted by Crippen LogP contribution is -2.48. The summed E-state index contributed by atoms with van der Waals surface area (Å²) in [6.07, 6.45) is 0. The van der Waals surface area contributed by atoms with Gasteiger partial charge in [-0.2, -0.15) is 0 Å². The van der Waals surface area contributed by atoms with Gasteiger partial charge in [0.2, 0.25) is 5.91 Å². The van der Waals surface area contributed by atoms with E-state index < -0.39 is 0 Å². The van der Waals surface area contributed by atoms with Crippen LogP contribution in [-0.4, -0.2) is 43.0 Å². The van der Waals surface area contributed by atoms with Gasteiger partial charge in [-0.1, -0.05) is 6.07 Å². The van der Waals surface area contributed by atoms with Crippen LogP contribution in [0.15, 0.2) is 24.3 Å². The first kappa shape index (κ1) is 13.4. The Hall–Kier alpha value is -2.08. The Morgan fingerprint density at radius 3 is 2.42 bits per heavy atom. The minimum Gasteiger partial charge on any atom is -0.326 e. The van der Waals surface area contributed by atoms with E-state index >= 15 is 0 Å². The van der Waals surface area contributed by atoms with Gasteiger partial charge in [0.15, 0.2) is 0 Å². The molecule has 0 radical (unpaired) electrons. The summed E-state index contributed by atoms with van der Waals surface area (Å²) >= 11 is 0. The van der Waals surface area contributed by atoms with Crippen LogP contribution < -0.4 is 16.0 Å². The molecule has 19 heavy (non-hydrogen) atoms. The average molecular weight is 262 g/mol. The van der Waals surface area contributed by atoms with E-state index in [0.717, 1.165) is 13.1 Å². The number of carbonyl (C=O) groups is 2. The van der Waals surface area contributed by atoms with Crippen molar-refractivity contribution in [2.24, 2.45) is 0 Å². The number of carbonyl (C=O) groups excluding carboxylic acids is 2. The first-order chi connectivity index (χ1) is 9.15. The fourth-order valence-electron chi connectivity index (χ4n) is 1.95. The Balaban J connectivity index is 1.97. The highest BCUT2D eigenvalue weighted by Gasteiger charge is 2.15. The molecule has 1 aliphatic rings. The second-order valence-corrected chi connectivity index (χ2v) is 4.43. The lowest BCUT2D eigenvalue weighted by Gasteiger charge is -2.27. The Morgan fingerprint density at radius 2 is 1.79 bits per heavy atom. The second-order valence-electron chi connectivity index (χ2n) is 4.43. The van der Waals surface area contributed by atoms with Crippen LogP contribution in [0.4, 0.5) is 16.2 Å². The summed E-state index contributed by atoms with van der Waals surface area (Å²) in [6.45, 7) is 4.50. The SMILES string of the molecule is CC(=O)Nc1cccc(NC(=O)N2CCNCC2)c1. The number of amides is 3. The molecular weight excluding hydrogens is 244 g/mol. The zero-order valence-corrected chi connectivity index (χ0v) is 10.9. The van der Waals surface area contributed by atoms with Crippen molar-refractivity contribution in [1.82, 2.24) is 10.2 Å². The maximum atomic E-state index is 12.0. The number of rotatable bonds is 2. The fourth-order valence-corrected chi connectivity index (χ4v) is 1.95. The molecule has 1 saturated heterocycles. The predicted octanol–water partition coefficient (Wildman–Crippen LogP) is 1.08. The number of piperazine rings is 1. The molecule has 0 unspecified atom stereocenters. The highest BCUT2D eigenvalue weighted by atomic mass is 16.2. The molecule has 3 N–H and O–H groups in total. The molecule has 0 bridgehead atoms. The van der Waals surface area contributed by atoms with E-state index in [1.54, 1.807) is 29.2 Å². The van der Waals surface area contributed by atoms with Crippen molar-refractivity contribution < 1.29 is 9.59 Å². The Labute approximate surface area is 112 Å². The van der Waals surface area contributed by atoms with E-state index in [1.807, 2.05) is 0 Å². The summed E-state index contributed by atoms with van der Waals surface area (Å²) in [7, 11) is 0. The maximum Gasteiger partial charge on any atom is 0.321 e. The molecule has 1 heterocycles. The number of urea groups is 1. The van der Waals surface area contributed by atoms with E-state index in [-0.39, 0.29) is 11.9 Å². The third kappa shape index (κ3) is 3.96. The molecular formula is C13H18N4O2. The number of nitrogens with zero attached hydrogens (tertiary/aromatic N) is 1. The Morgan fingerprint density at radius 1 is 1.16 bits per heavy atom. The zero-order chi connectivity index (χ0) is 13.7. The summed E-state index contributed by atoms with van der Waals surface area (Å²) < 4.78 is 0. The lowest BCUT2D eigenvalue weighted by atomic mass is 10.2. The van der Waals surface area contributed by atoms with Gasteiger partial charge in [-0.25, -0.2) is 4.79 Å². The van der Waals surface area contributed by atoms with Crippen LogP contribution in [0.2, 0.25) is 0 Å². The van der Waals surface area contributed by atoms with Crippen molar-refractivity contribution >= 4 is 23.3 Å². The molecule has 1 fully saturated rings. The predicted molar refractivity (Wildman–Crippen MR) is 74.2 cm³/mol. The molecule has 6 nitrogen and oxygen atoms in total. The van der Waals surface area contributed by atoms with Gasteiger partial charge in [0.25, 0.3) is 0 Å². The van der Waals surface area contributed by atoms with Crippen LogP contribution in [0.5, 0.6) is 0 Å². The minimum atomic E-state index is -0.134. The van der Waals surface area contributed by atoms with Gasteiger partial charge in [0.1, 0.15) is 0 Å². The summed E-state index contributed by atoms with van der Waals surface area (Å²) in [5, 5.41) is 8.71. The van der Waals surface area contributed by atoms with E-state index in [0.29, 0.717) is 24.5 Å². The van der Waals surface area contributed by atoms with Crippen molar-refractivity contribution in [2.75, 3.05) is 36.8 Å². The average Bonchev–Trinajstić information content (AvgIpc) is 2.39. The molecule has 1 aliphatic heterocycles. The smallest absolute Gasteiger partial charge is 0.321 e. The quantitative estimate of drug-likeness (QED) is 0.746. The second kappa shape index (κ2) is 6.19. The van der Waals surface area contributed by atoms with Gasteiger partial charge >= 0.3 is 6.03 Å². The molecule has 6 heteroatoms. The molecule has 0 atom stereocenters. The molecule has 0 spiro atoms. The van der Waals surface area contributed by atoms with Crippen molar-refractivity contribution in [3.05, 3.63) is 24.3 Å². The molecule has 102 valence electrons. The summed E-state index contributed by atoms with van der Waals surface area (Å²) in [5.41, 5.74) is 1.35. The summed E-state index contributed by atoms with van der Waals surface area (Å²) in [6, 6.07) is 6.99. The normalized spacial score (nSPS) is 14.9. The molecule has 2 rings (SSSR count). The highest BCUT2D eigenvalue weighted by Crippen LogP contribution is 2.15. The minimum absolute atomic E-state index is 0.110. The fraction of sp³-hybridized carbons (Fsp3) is 0.385. The first-order valence-electron chi connectivity index (χ1n) is 6.29. The summed E-state index contributed by atoms with van der Waals surface area (Å²) in [4.78, 5) is 24.7. The maximum absolute atomic E-state index is 12.0.